The minimum absolute atomic E-state index is 0.0865. The molecule has 0 radical (unpaired) electrons. The van der Waals surface area contributed by atoms with E-state index in [-0.39, 0.29) is 5.75 Å². The molecule has 2 aliphatic heterocycles. The monoisotopic (exact) mass is 405 g/mol. The Balaban J connectivity index is 1.55. The van der Waals surface area contributed by atoms with Crippen LogP contribution in [-0.2, 0) is 6.54 Å². The molecule has 154 valence electrons. The molecule has 5 rings (SSSR count). The van der Waals surface area contributed by atoms with E-state index in [1.54, 1.807) is 19.4 Å². The van der Waals surface area contributed by atoms with Crippen LogP contribution in [0.4, 0.5) is 5.82 Å². The van der Waals surface area contributed by atoms with E-state index < -0.39 is 0 Å². The van der Waals surface area contributed by atoms with E-state index in [0.717, 1.165) is 36.4 Å². The fraction of sp³-hybridized carbons (Fsp3) is 0.318. The highest BCUT2D eigenvalue weighted by Gasteiger charge is 2.25. The van der Waals surface area contributed by atoms with Crippen molar-refractivity contribution in [1.82, 2.24) is 15.2 Å². The lowest BCUT2D eigenvalue weighted by molar-refractivity contribution is 0.313. The van der Waals surface area contributed by atoms with Crippen molar-refractivity contribution in [3.63, 3.8) is 0 Å². The van der Waals surface area contributed by atoms with Crippen molar-refractivity contribution < 1.29 is 14.3 Å². The molecule has 30 heavy (non-hydrogen) atoms. The maximum absolute atomic E-state index is 10.8. The van der Waals surface area contributed by atoms with Gasteiger partial charge in [0.15, 0.2) is 17.3 Å². The summed E-state index contributed by atoms with van der Waals surface area (Å²) >= 11 is 0. The van der Waals surface area contributed by atoms with Crippen LogP contribution < -0.4 is 10.1 Å². The van der Waals surface area contributed by atoms with Crippen molar-refractivity contribution in [1.29, 1.82) is 0 Å². The maximum Gasteiger partial charge on any atom is 0.183 e. The first kappa shape index (κ1) is 18.8. The molecule has 2 aliphatic rings. The Hall–Kier alpha value is -3.23. The molecule has 0 spiro atoms. The average Bonchev–Trinajstić information content (AvgIpc) is 3.47. The lowest BCUT2D eigenvalue weighted by Gasteiger charge is -2.18. The zero-order valence-corrected chi connectivity index (χ0v) is 16.9. The summed E-state index contributed by atoms with van der Waals surface area (Å²) in [7, 11) is 3.65. The topological polar surface area (TPSA) is 95.5 Å². The van der Waals surface area contributed by atoms with Gasteiger partial charge in [-0.2, -0.15) is 0 Å². The molecule has 3 aromatic rings. The van der Waals surface area contributed by atoms with E-state index in [9.17, 15) is 5.11 Å². The second-order valence-electron chi connectivity index (χ2n) is 7.55. The van der Waals surface area contributed by atoms with E-state index in [4.69, 9.17) is 9.15 Å². The smallest absolute Gasteiger partial charge is 0.183 e. The fourth-order valence-corrected chi connectivity index (χ4v) is 4.14. The number of benzene rings is 1. The number of nitrogens with one attached hydrogen (secondary N) is 1. The number of nitrogens with zero attached hydrogens (tertiary/aromatic N) is 4. The molecule has 1 unspecified atom stereocenters. The lowest BCUT2D eigenvalue weighted by atomic mass is 10.1. The van der Waals surface area contributed by atoms with Crippen LogP contribution in [-0.4, -0.2) is 48.3 Å². The van der Waals surface area contributed by atoms with Crippen LogP contribution in [0.2, 0.25) is 0 Å². The largest absolute Gasteiger partial charge is 0.504 e. The van der Waals surface area contributed by atoms with E-state index in [0.29, 0.717) is 40.8 Å². The van der Waals surface area contributed by atoms with Gasteiger partial charge >= 0.3 is 0 Å². The SMILES string of the molecule is CNC1CCN(Cc2c(OC)ccc3c(O)c(C=C4N=Nc5ncccc54)oc23)C1. The van der Waals surface area contributed by atoms with Crippen LogP contribution in [0.5, 0.6) is 11.5 Å². The highest BCUT2D eigenvalue weighted by Crippen LogP contribution is 2.41. The van der Waals surface area contributed by atoms with E-state index >= 15 is 0 Å². The third-order valence-corrected chi connectivity index (χ3v) is 5.78. The first-order valence-electron chi connectivity index (χ1n) is 9.97. The van der Waals surface area contributed by atoms with E-state index in [2.05, 4.69) is 25.4 Å². The van der Waals surface area contributed by atoms with E-state index in [1.165, 1.54) is 0 Å². The van der Waals surface area contributed by atoms with Gasteiger partial charge in [0.05, 0.1) is 18.1 Å². The third-order valence-electron chi connectivity index (χ3n) is 5.78. The van der Waals surface area contributed by atoms with Crippen LogP contribution in [0, 0.1) is 0 Å². The molecule has 4 heterocycles. The standard InChI is InChI=1S/C22H23N5O3/c1-23-13-7-9-27(11-13)12-16-18(29-2)6-5-15-20(28)19(30-21(15)16)10-17-14-4-3-8-24-22(14)26-25-17/h3-6,8,10,13,23,28H,7,9,11-12H2,1-2H3. The quantitative estimate of drug-likeness (QED) is 0.668. The molecule has 0 bridgehead atoms. The van der Waals surface area contributed by atoms with Gasteiger partial charge in [-0.25, -0.2) is 4.98 Å². The molecule has 1 saturated heterocycles. The predicted molar refractivity (Wildman–Crippen MR) is 114 cm³/mol. The first-order chi connectivity index (χ1) is 14.7. The van der Waals surface area contributed by atoms with Crippen molar-refractivity contribution in [3.8, 4) is 11.5 Å². The van der Waals surface area contributed by atoms with Crippen LogP contribution >= 0.6 is 0 Å². The number of hydrogen-bond donors (Lipinski definition) is 2. The molecule has 0 aliphatic carbocycles. The van der Waals surface area contributed by atoms with Gasteiger partial charge in [-0.05, 0) is 37.7 Å². The molecular formula is C22H23N5O3. The molecule has 0 amide bonds. The van der Waals surface area contributed by atoms with Gasteiger partial charge in [0.1, 0.15) is 17.0 Å². The summed E-state index contributed by atoms with van der Waals surface area (Å²) in [5.74, 6) is 1.75. The lowest BCUT2D eigenvalue weighted by Crippen LogP contribution is -2.29. The van der Waals surface area contributed by atoms with Crippen molar-refractivity contribution in [3.05, 3.63) is 47.3 Å². The molecular weight excluding hydrogens is 382 g/mol. The molecule has 8 nitrogen and oxygen atoms in total. The first-order valence-corrected chi connectivity index (χ1v) is 9.97. The predicted octanol–water partition coefficient (Wildman–Crippen LogP) is 3.93. The second kappa shape index (κ2) is 7.55. The summed E-state index contributed by atoms with van der Waals surface area (Å²) in [5.41, 5.74) is 2.98. The molecule has 1 atom stereocenters. The minimum atomic E-state index is 0.0865. The number of likely N-dealkylation sites (tertiary alicyclic amines) is 1. The Morgan fingerprint density at radius 1 is 1.33 bits per heavy atom. The average molecular weight is 405 g/mol. The zero-order valence-electron chi connectivity index (χ0n) is 16.9. The summed E-state index contributed by atoms with van der Waals surface area (Å²) in [6.07, 6.45) is 4.48. The zero-order chi connectivity index (χ0) is 20.7. The number of pyridine rings is 1. The summed E-state index contributed by atoms with van der Waals surface area (Å²) < 4.78 is 11.7. The van der Waals surface area contributed by atoms with Gasteiger partial charge in [0, 0.05) is 43.5 Å². The van der Waals surface area contributed by atoms with Crippen LogP contribution in [0.3, 0.4) is 0 Å². The van der Waals surface area contributed by atoms with Gasteiger partial charge in [0.2, 0.25) is 0 Å². The number of azo groups is 1. The Labute approximate surface area is 173 Å². The van der Waals surface area contributed by atoms with Crippen molar-refractivity contribution >= 4 is 28.6 Å². The van der Waals surface area contributed by atoms with Crippen LogP contribution in [0.15, 0.2) is 45.1 Å². The van der Waals surface area contributed by atoms with Gasteiger partial charge < -0.3 is 19.6 Å². The second-order valence-corrected chi connectivity index (χ2v) is 7.55. The Morgan fingerprint density at radius 2 is 2.23 bits per heavy atom. The third kappa shape index (κ3) is 3.14. The fourth-order valence-electron chi connectivity index (χ4n) is 4.14. The van der Waals surface area contributed by atoms with Crippen molar-refractivity contribution in [2.24, 2.45) is 10.2 Å². The minimum Gasteiger partial charge on any atom is -0.504 e. The number of likely N-dealkylation sites (N-methyl/N-ethyl adjacent to an activating group) is 1. The van der Waals surface area contributed by atoms with Crippen molar-refractivity contribution in [2.75, 3.05) is 27.2 Å². The van der Waals surface area contributed by atoms with Gasteiger partial charge in [0.25, 0.3) is 0 Å². The van der Waals surface area contributed by atoms with Crippen LogP contribution in [0.25, 0.3) is 22.7 Å². The number of aromatic hydroxyl groups is 1. The Bertz CT molecular complexity index is 1170. The summed E-state index contributed by atoms with van der Waals surface area (Å²) in [6, 6.07) is 7.92. The van der Waals surface area contributed by atoms with Gasteiger partial charge in [-0.15, -0.1) is 10.2 Å². The highest BCUT2D eigenvalue weighted by molar-refractivity contribution is 5.94. The highest BCUT2D eigenvalue weighted by atomic mass is 16.5. The molecule has 1 aromatic carbocycles. The maximum atomic E-state index is 10.8. The number of fused-ring (bicyclic) bond motifs is 2. The summed E-state index contributed by atoms with van der Waals surface area (Å²) in [5, 5.41) is 23.1. The molecule has 2 aromatic heterocycles. The Morgan fingerprint density at radius 3 is 3.03 bits per heavy atom. The Kier molecular flexibility index (Phi) is 4.72. The molecule has 0 saturated carbocycles. The van der Waals surface area contributed by atoms with Crippen molar-refractivity contribution in [2.45, 2.75) is 19.0 Å². The summed E-state index contributed by atoms with van der Waals surface area (Å²) in [6.45, 7) is 2.65. The van der Waals surface area contributed by atoms with Gasteiger partial charge in [-0.1, -0.05) is 0 Å². The normalized spacial score (nSPS) is 19.8. The van der Waals surface area contributed by atoms with Crippen LogP contribution in [0.1, 0.15) is 23.3 Å². The number of methoxy groups -OCH3 is 1. The number of aromatic nitrogens is 1. The molecule has 1 fully saturated rings. The van der Waals surface area contributed by atoms with Gasteiger partial charge in [-0.3, -0.25) is 4.90 Å². The molecule has 8 heteroatoms. The number of ether oxygens (including phenoxy) is 1. The molecule has 2 N–H and O–H groups in total. The number of hydrogen-bond acceptors (Lipinski definition) is 8. The number of furan rings is 1. The summed E-state index contributed by atoms with van der Waals surface area (Å²) in [4.78, 5) is 6.57. The van der Waals surface area contributed by atoms with E-state index in [1.807, 2.05) is 31.3 Å². The number of rotatable bonds is 5.